The third-order valence-electron chi connectivity index (χ3n) is 3.68. The highest BCUT2D eigenvalue weighted by molar-refractivity contribution is 6.03. The quantitative estimate of drug-likeness (QED) is 0.603. The zero-order valence-corrected chi connectivity index (χ0v) is 15.0. The molecular weight excluding hydrogens is 330 g/mol. The molecule has 0 radical (unpaired) electrons. The van der Waals surface area contributed by atoms with Gasteiger partial charge in [-0.15, -0.1) is 0 Å². The number of anilines is 1. The van der Waals surface area contributed by atoms with Crippen LogP contribution in [0.4, 0.5) is 5.69 Å². The van der Waals surface area contributed by atoms with Crippen LogP contribution in [0.3, 0.4) is 0 Å². The van der Waals surface area contributed by atoms with Crippen LogP contribution < -0.4 is 21.1 Å². The molecule has 0 fully saturated rings. The summed E-state index contributed by atoms with van der Waals surface area (Å²) in [4.78, 5) is 24.3. The van der Waals surface area contributed by atoms with Gasteiger partial charge in [0.05, 0.1) is 17.9 Å². The van der Waals surface area contributed by atoms with Gasteiger partial charge >= 0.3 is 0 Å². The van der Waals surface area contributed by atoms with E-state index in [1.807, 2.05) is 31.2 Å². The minimum atomic E-state index is -0.255. The number of rotatable bonds is 9. The Balaban J connectivity index is 1.81. The first-order valence-corrected chi connectivity index (χ1v) is 8.67. The molecule has 0 aliphatic rings. The number of aryl methyl sites for hydroxylation is 1. The number of amides is 2. The minimum absolute atomic E-state index is 0.156. The summed E-state index contributed by atoms with van der Waals surface area (Å²) in [5.74, 6) is 0.387. The second-order valence-corrected chi connectivity index (χ2v) is 5.91. The average molecular weight is 355 g/mol. The minimum Gasteiger partial charge on any atom is -0.494 e. The van der Waals surface area contributed by atoms with E-state index in [0.717, 1.165) is 11.3 Å². The standard InChI is InChI=1S/C20H25N3O3/c1-15-6-4-7-16(14-15)26-13-5-10-19(24)23-18-9-3-2-8-17(18)20(25)22-12-11-21/h2-4,6-9,14H,5,10-13,21H2,1H3,(H,22,25)(H,23,24). The molecule has 6 heteroatoms. The molecule has 4 N–H and O–H groups in total. The molecule has 0 atom stereocenters. The molecule has 0 spiro atoms. The number of para-hydroxylation sites is 1. The van der Waals surface area contributed by atoms with E-state index in [4.69, 9.17) is 10.5 Å². The number of nitrogens with one attached hydrogen (secondary N) is 2. The van der Waals surface area contributed by atoms with E-state index in [0.29, 0.717) is 43.8 Å². The van der Waals surface area contributed by atoms with Crippen molar-refractivity contribution in [3.8, 4) is 5.75 Å². The van der Waals surface area contributed by atoms with Gasteiger partial charge in [-0.1, -0.05) is 24.3 Å². The molecular formula is C20H25N3O3. The van der Waals surface area contributed by atoms with Crippen LogP contribution in [0.15, 0.2) is 48.5 Å². The number of ether oxygens (including phenoxy) is 1. The van der Waals surface area contributed by atoms with Crippen molar-refractivity contribution in [1.29, 1.82) is 0 Å². The van der Waals surface area contributed by atoms with Gasteiger partial charge in [0, 0.05) is 19.5 Å². The van der Waals surface area contributed by atoms with Gasteiger partial charge in [-0.25, -0.2) is 0 Å². The summed E-state index contributed by atoms with van der Waals surface area (Å²) in [5.41, 5.74) is 7.44. The van der Waals surface area contributed by atoms with Crippen LogP contribution in [-0.2, 0) is 4.79 Å². The molecule has 0 saturated carbocycles. The monoisotopic (exact) mass is 355 g/mol. The maximum atomic E-state index is 12.1. The van der Waals surface area contributed by atoms with E-state index in [1.165, 1.54) is 0 Å². The predicted octanol–water partition coefficient (Wildman–Crippen LogP) is 2.48. The lowest BCUT2D eigenvalue weighted by Gasteiger charge is -2.11. The molecule has 0 bridgehead atoms. The fraction of sp³-hybridized carbons (Fsp3) is 0.300. The van der Waals surface area contributed by atoms with E-state index in [-0.39, 0.29) is 11.8 Å². The summed E-state index contributed by atoms with van der Waals surface area (Å²) in [7, 11) is 0. The highest BCUT2D eigenvalue weighted by atomic mass is 16.5. The average Bonchev–Trinajstić information content (AvgIpc) is 2.64. The fourth-order valence-electron chi connectivity index (χ4n) is 2.41. The predicted molar refractivity (Wildman–Crippen MR) is 102 cm³/mol. The van der Waals surface area contributed by atoms with Crippen molar-refractivity contribution < 1.29 is 14.3 Å². The number of benzene rings is 2. The maximum absolute atomic E-state index is 12.1. The van der Waals surface area contributed by atoms with Gasteiger partial charge in [-0.3, -0.25) is 9.59 Å². The lowest BCUT2D eigenvalue weighted by Crippen LogP contribution is -2.30. The first-order chi connectivity index (χ1) is 12.6. The number of hydrogen-bond donors (Lipinski definition) is 3. The number of carbonyl (C=O) groups is 2. The van der Waals surface area contributed by atoms with E-state index in [1.54, 1.807) is 24.3 Å². The molecule has 138 valence electrons. The van der Waals surface area contributed by atoms with E-state index < -0.39 is 0 Å². The first-order valence-electron chi connectivity index (χ1n) is 8.67. The molecule has 0 aliphatic carbocycles. The van der Waals surface area contributed by atoms with Crippen LogP contribution in [0, 0.1) is 6.92 Å². The van der Waals surface area contributed by atoms with Crippen LogP contribution in [0.2, 0.25) is 0 Å². The van der Waals surface area contributed by atoms with Crippen molar-refractivity contribution in [1.82, 2.24) is 5.32 Å². The molecule has 0 aliphatic heterocycles. The Morgan fingerprint density at radius 1 is 1.12 bits per heavy atom. The van der Waals surface area contributed by atoms with Gasteiger partial charge in [0.25, 0.3) is 5.91 Å². The Bertz CT molecular complexity index is 747. The first kappa shape index (κ1) is 19.5. The maximum Gasteiger partial charge on any atom is 0.253 e. The number of hydrogen-bond acceptors (Lipinski definition) is 4. The van der Waals surface area contributed by atoms with Crippen LogP contribution >= 0.6 is 0 Å². The van der Waals surface area contributed by atoms with Gasteiger partial charge in [0.1, 0.15) is 5.75 Å². The molecule has 6 nitrogen and oxygen atoms in total. The summed E-state index contributed by atoms with van der Waals surface area (Å²) < 4.78 is 5.64. The summed E-state index contributed by atoms with van der Waals surface area (Å²) in [6.45, 7) is 3.20. The highest BCUT2D eigenvalue weighted by Gasteiger charge is 2.12. The largest absolute Gasteiger partial charge is 0.494 e. The van der Waals surface area contributed by atoms with Crippen LogP contribution in [0.5, 0.6) is 5.75 Å². The normalized spacial score (nSPS) is 10.2. The van der Waals surface area contributed by atoms with Crippen LogP contribution in [0.1, 0.15) is 28.8 Å². The Morgan fingerprint density at radius 2 is 1.92 bits per heavy atom. The van der Waals surface area contributed by atoms with Crippen molar-refractivity contribution in [3.05, 3.63) is 59.7 Å². The molecule has 2 aromatic carbocycles. The zero-order chi connectivity index (χ0) is 18.8. The van der Waals surface area contributed by atoms with Gasteiger partial charge < -0.3 is 21.1 Å². The van der Waals surface area contributed by atoms with Gasteiger partial charge in [-0.2, -0.15) is 0 Å². The molecule has 0 heterocycles. The molecule has 2 rings (SSSR count). The third-order valence-corrected chi connectivity index (χ3v) is 3.68. The Hall–Kier alpha value is -2.86. The van der Waals surface area contributed by atoms with E-state index in [9.17, 15) is 9.59 Å². The zero-order valence-electron chi connectivity index (χ0n) is 15.0. The summed E-state index contributed by atoms with van der Waals surface area (Å²) in [6, 6.07) is 14.7. The smallest absolute Gasteiger partial charge is 0.253 e. The Labute approximate surface area is 153 Å². The van der Waals surface area contributed by atoms with Crippen molar-refractivity contribution in [2.24, 2.45) is 5.73 Å². The van der Waals surface area contributed by atoms with Gasteiger partial charge in [0.15, 0.2) is 0 Å². The van der Waals surface area contributed by atoms with Crippen LogP contribution in [-0.4, -0.2) is 31.5 Å². The second kappa shape index (κ2) is 10.2. The summed E-state index contributed by atoms with van der Waals surface area (Å²) in [6.07, 6.45) is 0.895. The number of nitrogens with two attached hydrogens (primary N) is 1. The van der Waals surface area contributed by atoms with Crippen molar-refractivity contribution in [2.75, 3.05) is 25.0 Å². The van der Waals surface area contributed by atoms with Gasteiger partial charge in [-0.05, 0) is 43.2 Å². The lowest BCUT2D eigenvalue weighted by molar-refractivity contribution is -0.116. The van der Waals surface area contributed by atoms with Gasteiger partial charge in [0.2, 0.25) is 5.91 Å². The summed E-state index contributed by atoms with van der Waals surface area (Å²) >= 11 is 0. The Kier molecular flexibility index (Phi) is 7.64. The third kappa shape index (κ3) is 6.22. The SMILES string of the molecule is Cc1cccc(OCCCC(=O)Nc2ccccc2C(=O)NCCN)c1. The van der Waals surface area contributed by atoms with Crippen molar-refractivity contribution >= 4 is 17.5 Å². The van der Waals surface area contributed by atoms with E-state index >= 15 is 0 Å². The molecule has 0 saturated heterocycles. The Morgan fingerprint density at radius 3 is 2.69 bits per heavy atom. The molecule has 2 amide bonds. The lowest BCUT2D eigenvalue weighted by atomic mass is 10.1. The van der Waals surface area contributed by atoms with Crippen molar-refractivity contribution in [2.45, 2.75) is 19.8 Å². The molecule has 26 heavy (non-hydrogen) atoms. The van der Waals surface area contributed by atoms with Crippen LogP contribution in [0.25, 0.3) is 0 Å². The summed E-state index contributed by atoms with van der Waals surface area (Å²) in [5, 5.41) is 5.49. The number of carbonyl (C=O) groups excluding carboxylic acids is 2. The molecule has 2 aromatic rings. The molecule has 0 unspecified atom stereocenters. The fourth-order valence-corrected chi connectivity index (χ4v) is 2.41. The molecule has 0 aromatic heterocycles. The van der Waals surface area contributed by atoms with E-state index in [2.05, 4.69) is 10.6 Å². The topological polar surface area (TPSA) is 93.4 Å². The van der Waals surface area contributed by atoms with Crippen molar-refractivity contribution in [3.63, 3.8) is 0 Å². The second-order valence-electron chi connectivity index (χ2n) is 5.91. The highest BCUT2D eigenvalue weighted by Crippen LogP contribution is 2.16.